The highest BCUT2D eigenvalue weighted by Gasteiger charge is 2.09. The molecule has 0 saturated carbocycles. The molecule has 0 aromatic carbocycles. The third-order valence-corrected chi connectivity index (χ3v) is 1.51. The van der Waals surface area contributed by atoms with Crippen LogP contribution in [0.3, 0.4) is 0 Å². The smallest absolute Gasteiger partial charge is 0.320 e. The molecule has 15 heavy (non-hydrogen) atoms. The van der Waals surface area contributed by atoms with Crippen LogP contribution < -0.4 is 22.2 Å². The Morgan fingerprint density at radius 1 is 1.67 bits per heavy atom. The van der Waals surface area contributed by atoms with Crippen molar-refractivity contribution in [2.75, 3.05) is 6.54 Å². The number of hydrogen-bond acceptors (Lipinski definition) is 5. The van der Waals surface area contributed by atoms with Gasteiger partial charge in [-0.15, -0.1) is 5.34 Å². The molecule has 0 aromatic heterocycles. The van der Waals surface area contributed by atoms with Gasteiger partial charge in [-0.3, -0.25) is 4.79 Å². The average molecular weight is 221 g/mol. The second kappa shape index (κ2) is 6.95. The van der Waals surface area contributed by atoms with E-state index in [0.29, 0.717) is 6.42 Å². The molecule has 0 aliphatic heterocycles. The Balaban J connectivity index is 3.65. The molecule has 0 saturated heterocycles. The molecule has 0 aromatic rings. The molecule has 0 amide bonds. The minimum Gasteiger partial charge on any atom is -0.574 e. The van der Waals surface area contributed by atoms with Gasteiger partial charge in [-0.05, 0) is 12.8 Å². The number of nitrogens with zero attached hydrogens (tertiary/aromatic N) is 1. The lowest BCUT2D eigenvalue weighted by molar-refractivity contribution is -1.08. The van der Waals surface area contributed by atoms with Crippen LogP contribution >= 0.6 is 0 Å². The quantitative estimate of drug-likeness (QED) is 0.119. The standard InChI is InChI=1S/C6H15N5O4/c7-4(5(12)13)2-1-3-9-6(8)10-11(14)15/h4,11,14H,1-3,7H2,(H,12,13)(H3,8,9,10). The Morgan fingerprint density at radius 3 is 2.73 bits per heavy atom. The van der Waals surface area contributed by atoms with E-state index in [1.54, 1.807) is 0 Å². The van der Waals surface area contributed by atoms with Crippen molar-refractivity contribution in [3.63, 3.8) is 0 Å². The molecule has 88 valence electrons. The minimum absolute atomic E-state index is 0.216. The fourth-order valence-electron chi connectivity index (χ4n) is 0.783. The van der Waals surface area contributed by atoms with Gasteiger partial charge in [0.2, 0.25) is 5.96 Å². The second-order valence-electron chi connectivity index (χ2n) is 2.78. The zero-order valence-corrected chi connectivity index (χ0v) is 8.01. The van der Waals surface area contributed by atoms with E-state index >= 15 is 0 Å². The normalized spacial score (nSPS) is 15.8. The van der Waals surface area contributed by atoms with Gasteiger partial charge >= 0.3 is 5.97 Å². The van der Waals surface area contributed by atoms with Crippen LogP contribution in [-0.2, 0) is 4.79 Å². The van der Waals surface area contributed by atoms with Gasteiger partial charge in [0.15, 0.2) is 0 Å². The molecular formula is C6H15N5O4. The van der Waals surface area contributed by atoms with Crippen molar-refractivity contribution in [3.8, 4) is 0 Å². The van der Waals surface area contributed by atoms with Crippen molar-refractivity contribution >= 4 is 11.9 Å². The largest absolute Gasteiger partial charge is 0.574 e. The molecule has 2 unspecified atom stereocenters. The first-order valence-corrected chi connectivity index (χ1v) is 4.21. The highest BCUT2D eigenvalue weighted by atomic mass is 16.8. The number of carboxylic acids is 1. The number of carboxylic acid groups (broad SMARTS) is 1. The van der Waals surface area contributed by atoms with Crippen LogP contribution in [0.1, 0.15) is 12.8 Å². The van der Waals surface area contributed by atoms with E-state index in [2.05, 4.69) is 4.99 Å². The monoisotopic (exact) mass is 221 g/mol. The summed E-state index contributed by atoms with van der Waals surface area (Å²) >= 11 is 0. The molecule has 0 aliphatic carbocycles. The maximum absolute atomic E-state index is 10.3. The molecule has 9 heteroatoms. The van der Waals surface area contributed by atoms with Crippen molar-refractivity contribution in [1.29, 1.82) is 0 Å². The highest BCUT2D eigenvalue weighted by Crippen LogP contribution is 1.94. The lowest BCUT2D eigenvalue weighted by atomic mass is 10.2. The molecule has 0 heterocycles. The van der Waals surface area contributed by atoms with Crippen molar-refractivity contribution in [3.05, 3.63) is 5.21 Å². The van der Waals surface area contributed by atoms with Crippen molar-refractivity contribution in [1.82, 2.24) is 5.43 Å². The number of aliphatic imine (C=N–C) groups is 1. The van der Waals surface area contributed by atoms with Crippen LogP contribution in [0.15, 0.2) is 4.99 Å². The number of aliphatic carboxylic acids is 1. The zero-order chi connectivity index (χ0) is 11.8. The average Bonchev–Trinajstić information content (AvgIpc) is 2.10. The summed E-state index contributed by atoms with van der Waals surface area (Å²) in [6.45, 7) is 0.229. The third kappa shape index (κ3) is 7.64. The molecule has 0 bridgehead atoms. The van der Waals surface area contributed by atoms with E-state index in [1.807, 2.05) is 5.43 Å². The number of hydrogen-bond donors (Lipinski definition) is 6. The number of quaternary nitrogens is 1. The summed E-state index contributed by atoms with van der Waals surface area (Å²) < 4.78 is 0. The van der Waals surface area contributed by atoms with Crippen LogP contribution in [0, 0.1) is 5.21 Å². The van der Waals surface area contributed by atoms with Gasteiger partial charge < -0.3 is 21.8 Å². The maximum Gasteiger partial charge on any atom is 0.320 e. The van der Waals surface area contributed by atoms with Crippen molar-refractivity contribution in [2.24, 2.45) is 16.5 Å². The van der Waals surface area contributed by atoms with E-state index in [4.69, 9.17) is 21.8 Å². The molecule has 9 nitrogen and oxygen atoms in total. The first-order chi connectivity index (χ1) is 6.93. The van der Waals surface area contributed by atoms with Gasteiger partial charge in [-0.2, -0.15) is 10.6 Å². The molecule has 8 N–H and O–H groups in total. The van der Waals surface area contributed by atoms with Crippen LogP contribution in [0.2, 0.25) is 0 Å². The van der Waals surface area contributed by atoms with E-state index in [0.717, 1.165) is 0 Å². The van der Waals surface area contributed by atoms with Crippen LogP contribution in [-0.4, -0.2) is 34.8 Å². The van der Waals surface area contributed by atoms with E-state index < -0.39 is 17.3 Å². The fraction of sp³-hybridized carbons (Fsp3) is 0.667. The number of rotatable bonds is 6. The summed E-state index contributed by atoms with van der Waals surface area (Å²) in [5.41, 5.74) is 12.2. The van der Waals surface area contributed by atoms with Gasteiger partial charge in [-0.25, -0.2) is 4.99 Å². The number of guanidine groups is 1. The summed E-state index contributed by atoms with van der Waals surface area (Å²) in [5, 5.41) is 25.4. The van der Waals surface area contributed by atoms with Crippen LogP contribution in [0.5, 0.6) is 0 Å². The summed E-state index contributed by atoms with van der Waals surface area (Å²) in [6, 6.07) is -0.922. The van der Waals surface area contributed by atoms with E-state index in [9.17, 15) is 10.0 Å². The van der Waals surface area contributed by atoms with Gasteiger partial charge in [-0.1, -0.05) is 0 Å². The fourth-order valence-corrected chi connectivity index (χ4v) is 0.783. The molecular weight excluding hydrogens is 206 g/mol. The van der Waals surface area contributed by atoms with Crippen molar-refractivity contribution < 1.29 is 20.4 Å². The summed E-state index contributed by atoms with van der Waals surface area (Å²) in [4.78, 5) is 13.9. The van der Waals surface area contributed by atoms with Gasteiger partial charge in [0.25, 0.3) is 0 Å². The maximum atomic E-state index is 10.3. The minimum atomic E-state index is -1.29. The molecule has 0 fully saturated rings. The molecule has 0 spiro atoms. The summed E-state index contributed by atoms with van der Waals surface area (Å²) in [6.07, 6.45) is 0.689. The predicted molar refractivity (Wildman–Crippen MR) is 50.6 cm³/mol. The predicted octanol–water partition coefficient (Wildman–Crippen LogP) is -3.23. The Labute approximate surface area is 85.9 Å². The van der Waals surface area contributed by atoms with E-state index in [1.165, 1.54) is 0 Å². The van der Waals surface area contributed by atoms with Gasteiger partial charge in [0.1, 0.15) is 6.04 Å². The van der Waals surface area contributed by atoms with Crippen LogP contribution in [0.4, 0.5) is 0 Å². The van der Waals surface area contributed by atoms with Crippen LogP contribution in [0.25, 0.3) is 0 Å². The Hall–Kier alpha value is -1.42. The highest BCUT2D eigenvalue weighted by molar-refractivity contribution is 5.76. The zero-order valence-electron chi connectivity index (χ0n) is 8.01. The van der Waals surface area contributed by atoms with Gasteiger partial charge in [0, 0.05) is 6.54 Å². The number of nitrogens with one attached hydrogen (secondary N) is 2. The Kier molecular flexibility index (Phi) is 6.29. The molecule has 0 aliphatic rings. The Morgan fingerprint density at radius 2 is 2.27 bits per heavy atom. The molecule has 0 radical (unpaired) electrons. The van der Waals surface area contributed by atoms with E-state index in [-0.39, 0.29) is 18.9 Å². The van der Waals surface area contributed by atoms with Gasteiger partial charge in [0.05, 0.1) is 0 Å². The van der Waals surface area contributed by atoms with Crippen molar-refractivity contribution in [2.45, 2.75) is 18.9 Å². The molecule has 2 atom stereocenters. The molecule has 0 rings (SSSR count). The first kappa shape index (κ1) is 13.6. The third-order valence-electron chi connectivity index (χ3n) is 1.51. The lowest BCUT2D eigenvalue weighted by Crippen LogP contribution is -3.13. The summed E-state index contributed by atoms with van der Waals surface area (Å²) in [7, 11) is 0. The number of nitrogens with two attached hydrogens (primary N) is 2. The first-order valence-electron chi connectivity index (χ1n) is 4.21. The second-order valence-corrected chi connectivity index (χ2v) is 2.78. The number of carbonyl (C=O) groups is 1. The lowest BCUT2D eigenvalue weighted by Gasteiger charge is -2.12. The topological polar surface area (TPSA) is 161 Å². The summed E-state index contributed by atoms with van der Waals surface area (Å²) in [5.74, 6) is -1.29. The Bertz CT molecular complexity index is 232. The SMILES string of the molecule is NC(=NCCCC(N)C(=O)O)N[NH+]([O-])O.